The number of nitrogens with zero attached hydrogens (tertiary/aromatic N) is 1. The maximum absolute atomic E-state index is 11.8. The van der Waals surface area contributed by atoms with Crippen LogP contribution in [0.5, 0.6) is 0 Å². The van der Waals surface area contributed by atoms with Crippen LogP contribution in [-0.2, 0) is 9.53 Å². The highest BCUT2D eigenvalue weighted by Gasteiger charge is 2.41. The topological polar surface area (TPSA) is 59.8 Å². The van der Waals surface area contributed by atoms with Crippen LogP contribution in [0.3, 0.4) is 0 Å². The Balaban J connectivity index is 2.26. The normalized spacial score (nSPS) is 20.3. The van der Waals surface area contributed by atoms with Crippen LogP contribution in [0.2, 0.25) is 0 Å². The molecule has 86 valence electrons. The van der Waals surface area contributed by atoms with Gasteiger partial charge in [-0.25, -0.2) is 9.69 Å². The number of carbonyl (C=O) groups is 2. The highest BCUT2D eigenvalue weighted by atomic mass is 16.6. The van der Waals surface area contributed by atoms with E-state index in [1.807, 2.05) is 0 Å². The van der Waals surface area contributed by atoms with Gasteiger partial charge in [0.2, 0.25) is 5.91 Å². The average Bonchev–Trinajstić information content (AvgIpc) is 2.84. The highest BCUT2D eigenvalue weighted by Crippen LogP contribution is 2.29. The van der Waals surface area contributed by atoms with E-state index in [2.05, 4.69) is 0 Å². The van der Waals surface area contributed by atoms with E-state index >= 15 is 0 Å². The minimum atomic E-state index is -0.597. The zero-order valence-corrected chi connectivity index (χ0v) is 9.17. The van der Waals surface area contributed by atoms with Crippen molar-refractivity contribution in [2.24, 2.45) is 5.92 Å². The smallest absolute Gasteiger partial charge is 0.417 e. The SMILES string of the molecule is CC(C)C(=O)N1C(=O)OC[C@@H]1c1ccco1. The number of carbonyl (C=O) groups excluding carboxylic acids is 2. The summed E-state index contributed by atoms with van der Waals surface area (Å²) in [4.78, 5) is 24.4. The van der Waals surface area contributed by atoms with E-state index in [9.17, 15) is 9.59 Å². The lowest BCUT2D eigenvalue weighted by Gasteiger charge is -2.19. The first-order valence-electron chi connectivity index (χ1n) is 5.14. The quantitative estimate of drug-likeness (QED) is 0.768. The van der Waals surface area contributed by atoms with Crippen LogP contribution < -0.4 is 0 Å². The van der Waals surface area contributed by atoms with E-state index in [1.165, 1.54) is 6.26 Å². The van der Waals surface area contributed by atoms with Crippen LogP contribution in [0, 0.1) is 5.92 Å². The van der Waals surface area contributed by atoms with E-state index in [0.717, 1.165) is 4.90 Å². The number of rotatable bonds is 2. The zero-order chi connectivity index (χ0) is 11.7. The van der Waals surface area contributed by atoms with Gasteiger partial charge in [0.05, 0.1) is 6.26 Å². The standard InChI is InChI=1S/C11H13NO4/c1-7(2)10(13)12-8(6-16-11(12)14)9-4-3-5-15-9/h3-5,7-8H,6H2,1-2H3/t8-/m1/s1. The Labute approximate surface area is 93.0 Å². The number of amides is 2. The van der Waals surface area contributed by atoms with Gasteiger partial charge in [-0.05, 0) is 12.1 Å². The van der Waals surface area contributed by atoms with E-state index in [0.29, 0.717) is 5.76 Å². The predicted octanol–water partition coefficient (Wildman–Crippen LogP) is 1.96. The summed E-state index contributed by atoms with van der Waals surface area (Å²) in [6.07, 6.45) is 0.913. The number of furan rings is 1. The van der Waals surface area contributed by atoms with Crippen molar-refractivity contribution in [1.82, 2.24) is 4.90 Å². The summed E-state index contributed by atoms with van der Waals surface area (Å²) >= 11 is 0. The molecule has 0 bridgehead atoms. The van der Waals surface area contributed by atoms with Crippen molar-refractivity contribution in [2.75, 3.05) is 6.61 Å². The largest absolute Gasteiger partial charge is 0.467 e. The number of ether oxygens (including phenoxy) is 1. The second-order valence-corrected chi connectivity index (χ2v) is 3.97. The fourth-order valence-corrected chi connectivity index (χ4v) is 1.63. The van der Waals surface area contributed by atoms with Crippen molar-refractivity contribution in [3.05, 3.63) is 24.2 Å². The van der Waals surface area contributed by atoms with Gasteiger partial charge in [0.15, 0.2) is 0 Å². The summed E-state index contributed by atoms with van der Waals surface area (Å²) in [5.74, 6) is 0.0758. The molecule has 0 N–H and O–H groups in total. The van der Waals surface area contributed by atoms with Crippen molar-refractivity contribution in [1.29, 1.82) is 0 Å². The van der Waals surface area contributed by atoms with Gasteiger partial charge >= 0.3 is 6.09 Å². The molecule has 0 unspecified atom stereocenters. The fraction of sp³-hybridized carbons (Fsp3) is 0.455. The zero-order valence-electron chi connectivity index (χ0n) is 9.17. The Morgan fingerprint density at radius 3 is 2.88 bits per heavy atom. The second kappa shape index (κ2) is 4.00. The van der Waals surface area contributed by atoms with Gasteiger partial charge in [-0.3, -0.25) is 4.79 Å². The molecule has 1 aromatic heterocycles. The molecule has 5 heteroatoms. The van der Waals surface area contributed by atoms with Gasteiger partial charge < -0.3 is 9.15 Å². The molecule has 1 aliphatic heterocycles. The third-order valence-electron chi connectivity index (χ3n) is 2.48. The maximum Gasteiger partial charge on any atom is 0.417 e. The van der Waals surface area contributed by atoms with Crippen LogP contribution in [0.1, 0.15) is 25.6 Å². The molecule has 1 aliphatic rings. The molecule has 0 saturated carbocycles. The van der Waals surface area contributed by atoms with E-state index in [-0.39, 0.29) is 18.4 Å². The summed E-state index contributed by atoms with van der Waals surface area (Å²) < 4.78 is 10.1. The lowest BCUT2D eigenvalue weighted by molar-refractivity contribution is -0.132. The van der Waals surface area contributed by atoms with Crippen LogP contribution >= 0.6 is 0 Å². The molecule has 5 nitrogen and oxygen atoms in total. The summed E-state index contributed by atoms with van der Waals surface area (Å²) in [6.45, 7) is 3.64. The van der Waals surface area contributed by atoms with E-state index in [4.69, 9.17) is 9.15 Å². The van der Waals surface area contributed by atoms with Gasteiger partial charge in [-0.1, -0.05) is 13.8 Å². The molecule has 0 spiro atoms. The van der Waals surface area contributed by atoms with Crippen molar-refractivity contribution < 1.29 is 18.7 Å². The van der Waals surface area contributed by atoms with Crippen LogP contribution in [-0.4, -0.2) is 23.5 Å². The second-order valence-electron chi connectivity index (χ2n) is 3.97. The minimum Gasteiger partial charge on any atom is -0.467 e. The molecule has 2 heterocycles. The van der Waals surface area contributed by atoms with E-state index in [1.54, 1.807) is 26.0 Å². The molecule has 1 atom stereocenters. The van der Waals surface area contributed by atoms with Crippen molar-refractivity contribution in [3.8, 4) is 0 Å². The number of hydrogen-bond donors (Lipinski definition) is 0. The van der Waals surface area contributed by atoms with Crippen LogP contribution in [0.15, 0.2) is 22.8 Å². The molecule has 0 aromatic carbocycles. The first-order valence-corrected chi connectivity index (χ1v) is 5.14. The molecule has 1 aromatic rings. The maximum atomic E-state index is 11.8. The van der Waals surface area contributed by atoms with Crippen molar-refractivity contribution in [2.45, 2.75) is 19.9 Å². The first-order chi connectivity index (χ1) is 7.61. The first kappa shape index (κ1) is 10.7. The molecule has 16 heavy (non-hydrogen) atoms. The average molecular weight is 223 g/mol. The molecule has 0 radical (unpaired) electrons. The molecule has 1 saturated heterocycles. The van der Waals surface area contributed by atoms with Crippen LogP contribution in [0.25, 0.3) is 0 Å². The number of imide groups is 1. The van der Waals surface area contributed by atoms with Gasteiger partial charge in [0, 0.05) is 5.92 Å². The van der Waals surface area contributed by atoms with Gasteiger partial charge in [-0.2, -0.15) is 0 Å². The third kappa shape index (κ3) is 1.68. The minimum absolute atomic E-state index is 0.158. The number of cyclic esters (lactones) is 1. The van der Waals surface area contributed by atoms with Crippen molar-refractivity contribution >= 4 is 12.0 Å². The highest BCUT2D eigenvalue weighted by molar-refractivity contribution is 5.94. The lowest BCUT2D eigenvalue weighted by atomic mass is 10.1. The van der Waals surface area contributed by atoms with Crippen LogP contribution in [0.4, 0.5) is 4.79 Å². The van der Waals surface area contributed by atoms with Gasteiger partial charge in [0.25, 0.3) is 0 Å². The monoisotopic (exact) mass is 223 g/mol. The summed E-state index contributed by atoms with van der Waals surface area (Å²) in [5.41, 5.74) is 0. The Hall–Kier alpha value is -1.78. The van der Waals surface area contributed by atoms with Crippen molar-refractivity contribution in [3.63, 3.8) is 0 Å². The molecule has 2 rings (SSSR count). The third-order valence-corrected chi connectivity index (χ3v) is 2.48. The lowest BCUT2D eigenvalue weighted by Crippen LogP contribution is -2.36. The predicted molar refractivity (Wildman–Crippen MR) is 54.5 cm³/mol. The molecule has 0 aliphatic carbocycles. The molecular formula is C11H13NO4. The Bertz CT molecular complexity index is 396. The summed E-state index contributed by atoms with van der Waals surface area (Å²) in [6, 6.07) is 3.01. The van der Waals surface area contributed by atoms with Gasteiger partial charge in [-0.15, -0.1) is 0 Å². The Morgan fingerprint density at radius 2 is 2.31 bits per heavy atom. The summed E-state index contributed by atoms with van der Waals surface area (Å²) in [5, 5.41) is 0. The Kier molecular flexibility index (Phi) is 2.68. The number of hydrogen-bond acceptors (Lipinski definition) is 4. The summed E-state index contributed by atoms with van der Waals surface area (Å²) in [7, 11) is 0. The Morgan fingerprint density at radius 1 is 1.56 bits per heavy atom. The fourth-order valence-electron chi connectivity index (χ4n) is 1.63. The van der Waals surface area contributed by atoms with E-state index < -0.39 is 12.1 Å². The molecular weight excluding hydrogens is 210 g/mol. The van der Waals surface area contributed by atoms with Gasteiger partial charge in [0.1, 0.15) is 18.4 Å². The molecule has 2 amide bonds. The molecule has 1 fully saturated rings.